The Morgan fingerprint density at radius 3 is 1.53 bits per heavy atom. The summed E-state index contributed by atoms with van der Waals surface area (Å²) in [7, 11) is 0. The molecule has 524 valence electrons. The van der Waals surface area contributed by atoms with Crippen LogP contribution in [0.25, 0.3) is 0 Å². The quantitative estimate of drug-likeness (QED) is 0.0178. The first-order valence-corrected chi connectivity index (χ1v) is 33.5. The van der Waals surface area contributed by atoms with Gasteiger partial charge in [0.15, 0.2) is 5.96 Å². The van der Waals surface area contributed by atoms with Gasteiger partial charge in [-0.25, -0.2) is 4.79 Å². The van der Waals surface area contributed by atoms with Crippen molar-refractivity contribution in [3.05, 3.63) is 71.8 Å². The Kier molecular flexibility index (Phi) is 33.9. The van der Waals surface area contributed by atoms with Crippen LogP contribution < -0.4 is 76.9 Å². The van der Waals surface area contributed by atoms with E-state index in [0.29, 0.717) is 55.4 Å². The molecule has 4 rings (SSSR count). The van der Waals surface area contributed by atoms with Crippen molar-refractivity contribution < 1.29 is 67.4 Å². The summed E-state index contributed by atoms with van der Waals surface area (Å²) >= 11 is 1.40. The molecular formula is C63H97N17O14S. The molecule has 0 spiro atoms. The number of carbonyl (C=O) groups excluding carboxylic acids is 12. The molecule has 0 saturated carbocycles. The van der Waals surface area contributed by atoms with Crippen molar-refractivity contribution in [2.75, 3.05) is 44.7 Å². The van der Waals surface area contributed by atoms with Crippen LogP contribution in [0.1, 0.15) is 121 Å². The van der Waals surface area contributed by atoms with Gasteiger partial charge in [0.05, 0.1) is 12.6 Å². The van der Waals surface area contributed by atoms with E-state index in [4.69, 9.17) is 34.4 Å². The number of aliphatic carboxylic acids is 1. The molecule has 0 aromatic heterocycles. The number of hydrogen-bond donors (Lipinski definition) is 15. The van der Waals surface area contributed by atoms with E-state index in [1.807, 2.05) is 0 Å². The third-order valence-electron chi connectivity index (χ3n) is 16.0. The Balaban J connectivity index is 1.56. The van der Waals surface area contributed by atoms with Crippen LogP contribution in [0.4, 0.5) is 0 Å². The van der Waals surface area contributed by atoms with Gasteiger partial charge in [0.2, 0.25) is 70.9 Å². The molecule has 10 atom stereocenters. The number of primary amides is 2. The van der Waals surface area contributed by atoms with Crippen LogP contribution in [-0.2, 0) is 75.2 Å². The summed E-state index contributed by atoms with van der Waals surface area (Å²) in [5.74, 6) is -10.6. The average Bonchev–Trinajstić information content (AvgIpc) is 1.74. The predicted molar refractivity (Wildman–Crippen MR) is 354 cm³/mol. The summed E-state index contributed by atoms with van der Waals surface area (Å²) in [4.78, 5) is 184. The molecule has 2 aromatic rings. The second-order valence-corrected chi connectivity index (χ2v) is 25.0. The smallest absolute Gasteiger partial charge is 0.326 e. The van der Waals surface area contributed by atoms with Gasteiger partial charge in [-0.05, 0) is 119 Å². The van der Waals surface area contributed by atoms with Crippen molar-refractivity contribution >= 4 is 94.6 Å². The molecule has 2 heterocycles. The molecule has 31 nitrogen and oxygen atoms in total. The molecule has 0 unspecified atom stereocenters. The number of nitrogens with one attached hydrogen (secondary N) is 8. The molecule has 2 fully saturated rings. The number of guanidine groups is 1. The molecule has 2 saturated heterocycles. The largest absolute Gasteiger partial charge is 0.480 e. The highest BCUT2D eigenvalue weighted by Crippen LogP contribution is 2.24. The van der Waals surface area contributed by atoms with E-state index in [9.17, 15) is 67.4 Å². The van der Waals surface area contributed by atoms with E-state index in [2.05, 4.69) is 47.5 Å². The number of thioether (sulfide) groups is 1. The number of rotatable bonds is 42. The molecular weight excluding hydrogens is 1250 g/mol. The maximum atomic E-state index is 14.7. The van der Waals surface area contributed by atoms with Crippen LogP contribution in [0.2, 0.25) is 0 Å². The van der Waals surface area contributed by atoms with Crippen molar-refractivity contribution in [3.63, 3.8) is 0 Å². The first-order chi connectivity index (χ1) is 45.2. The Morgan fingerprint density at radius 1 is 0.558 bits per heavy atom. The Labute approximate surface area is 557 Å². The van der Waals surface area contributed by atoms with E-state index >= 15 is 0 Å². The minimum atomic E-state index is -1.65. The maximum absolute atomic E-state index is 14.7. The summed E-state index contributed by atoms with van der Waals surface area (Å²) in [5, 5.41) is 30.6. The minimum Gasteiger partial charge on any atom is -0.480 e. The number of carboxylic acid groups (broad SMARTS) is 1. The van der Waals surface area contributed by atoms with Gasteiger partial charge in [-0.1, -0.05) is 74.5 Å². The van der Waals surface area contributed by atoms with Crippen molar-refractivity contribution in [2.45, 2.75) is 183 Å². The lowest BCUT2D eigenvalue weighted by atomic mass is 10.0. The monoisotopic (exact) mass is 1350 g/mol. The average molecular weight is 1350 g/mol. The zero-order valence-corrected chi connectivity index (χ0v) is 55.2. The zero-order chi connectivity index (χ0) is 70.1. The molecule has 95 heavy (non-hydrogen) atoms. The van der Waals surface area contributed by atoms with Crippen LogP contribution in [0.15, 0.2) is 65.7 Å². The highest BCUT2D eigenvalue weighted by Gasteiger charge is 2.42. The lowest BCUT2D eigenvalue weighted by molar-refractivity contribution is -0.144. The molecule has 12 amide bonds. The van der Waals surface area contributed by atoms with Crippen molar-refractivity contribution in [1.29, 1.82) is 0 Å². The Hall–Kier alpha value is -8.91. The second-order valence-electron chi connectivity index (χ2n) is 24.1. The minimum absolute atomic E-state index is 0.0706. The number of likely N-dealkylation sites (tertiary alicyclic amines) is 2. The van der Waals surface area contributed by atoms with E-state index in [-0.39, 0.29) is 83.0 Å². The van der Waals surface area contributed by atoms with Gasteiger partial charge >= 0.3 is 5.97 Å². The SMILES string of the molecule is CSCC[C@H](NC(=O)[C@H](CC(C)C)NC(=O)CNC(=O)[C@@H](Cc1ccccc1)NC(=O)[C@@H](Cc1ccccc1)NC(=O)[C@H](CCC(N)=O)NC(=O)[C@@H](CCC(N)=O)NC(=O)[C@H]1CCCN1C(=O)[C@@H](CCCCN)NC(=O)[C@@H]1CCCN1C(=O)[C@H](N)CCCN=C(N)N)C(=O)O. The van der Waals surface area contributed by atoms with E-state index in [1.165, 1.54) is 21.6 Å². The number of unbranched alkanes of at least 4 members (excludes halogenated alkanes) is 1. The molecule has 2 aliphatic heterocycles. The van der Waals surface area contributed by atoms with Crippen LogP contribution in [0.3, 0.4) is 0 Å². The topological polar surface area (TPSA) is 513 Å². The number of amides is 12. The van der Waals surface area contributed by atoms with Gasteiger partial charge in [-0.3, -0.25) is 62.5 Å². The molecule has 2 aromatic carbocycles. The fraction of sp³-hybridized carbons (Fsp3) is 0.587. The molecule has 0 aliphatic carbocycles. The van der Waals surface area contributed by atoms with Crippen molar-refractivity contribution in [1.82, 2.24) is 52.3 Å². The van der Waals surface area contributed by atoms with Crippen LogP contribution in [-0.4, -0.2) is 203 Å². The summed E-state index contributed by atoms with van der Waals surface area (Å²) in [6.45, 7) is 3.78. The first kappa shape index (κ1) is 78.5. The third-order valence-corrected chi connectivity index (χ3v) is 16.6. The van der Waals surface area contributed by atoms with Gasteiger partial charge in [0, 0.05) is 45.3 Å². The van der Waals surface area contributed by atoms with Crippen LogP contribution in [0, 0.1) is 5.92 Å². The van der Waals surface area contributed by atoms with E-state index in [0.717, 1.165) is 0 Å². The third kappa shape index (κ3) is 27.5. The first-order valence-electron chi connectivity index (χ1n) is 32.1. The van der Waals surface area contributed by atoms with Crippen LogP contribution in [0.5, 0.6) is 0 Å². The van der Waals surface area contributed by atoms with E-state index < -0.39 is 170 Å². The van der Waals surface area contributed by atoms with Gasteiger partial charge in [-0.2, -0.15) is 11.8 Å². The highest BCUT2D eigenvalue weighted by atomic mass is 32.2. The molecule has 32 heteroatoms. The number of carbonyl (C=O) groups is 13. The number of carboxylic acids is 1. The number of hydrogen-bond acceptors (Lipinski definition) is 17. The second kappa shape index (κ2) is 41.0. The van der Waals surface area contributed by atoms with Crippen molar-refractivity contribution in [2.24, 2.45) is 45.3 Å². The van der Waals surface area contributed by atoms with Gasteiger partial charge in [-0.15, -0.1) is 0 Å². The van der Waals surface area contributed by atoms with Crippen molar-refractivity contribution in [3.8, 4) is 0 Å². The normalized spacial score (nSPS) is 16.8. The fourth-order valence-electron chi connectivity index (χ4n) is 11.0. The summed E-state index contributed by atoms with van der Waals surface area (Å²) in [5.41, 5.74) is 35.0. The van der Waals surface area contributed by atoms with Gasteiger partial charge < -0.3 is 91.8 Å². The Morgan fingerprint density at radius 2 is 1.03 bits per heavy atom. The van der Waals surface area contributed by atoms with E-state index in [1.54, 1.807) is 80.8 Å². The standard InChI is InChI=1S/C63H97N17O14S/c1-37(2)33-45(56(87)76-44(62(93)94)27-32-95-3)72-52(83)36-71-53(84)46(34-38-15-6-4-7-16-38)77-57(88)47(35-39-17-8-5-9-18-39)78-55(86)41(23-25-50(66)81)73-54(85)42(24-26-51(67)82)74-58(89)49-22-14-31-80(49)61(92)43(20-10-11-28-64)75-59(90)48-21-13-30-79(48)60(91)40(65)19-12-29-70-63(68)69/h4-9,15-18,37,40-49H,10-14,19-36,64-65H2,1-3H3,(H2,66,81)(H2,67,82)(H,71,84)(H,72,83)(H,73,85)(H,74,89)(H,75,90)(H,76,87)(H,77,88)(H,78,86)(H,93,94)(H4,68,69,70)/t40-,41+,42-,43-,44+,45+,46-,47-,48+,49-/m1/s1. The summed E-state index contributed by atoms with van der Waals surface area (Å²) in [6.07, 6.45) is 2.86. The number of aliphatic imine (C=N–C) groups is 1. The predicted octanol–water partition coefficient (Wildman–Crippen LogP) is -3.11. The maximum Gasteiger partial charge on any atom is 0.326 e. The number of nitrogens with two attached hydrogens (primary N) is 6. The number of benzene rings is 2. The summed E-state index contributed by atoms with van der Waals surface area (Å²) in [6, 6.07) is 4.12. The number of nitrogens with zero attached hydrogens (tertiary/aromatic N) is 3. The summed E-state index contributed by atoms with van der Waals surface area (Å²) < 4.78 is 0. The molecule has 0 radical (unpaired) electrons. The molecule has 21 N–H and O–H groups in total. The van der Waals surface area contributed by atoms with Gasteiger partial charge in [0.25, 0.3) is 0 Å². The Bertz CT molecular complexity index is 2960. The molecule has 2 aliphatic rings. The fourth-order valence-corrected chi connectivity index (χ4v) is 11.5. The lowest BCUT2D eigenvalue weighted by Gasteiger charge is -2.32. The lowest BCUT2D eigenvalue weighted by Crippen LogP contribution is -2.60. The molecule has 0 bridgehead atoms. The van der Waals surface area contributed by atoms with Gasteiger partial charge in [0.1, 0.15) is 54.4 Å². The highest BCUT2D eigenvalue weighted by molar-refractivity contribution is 7.98. The zero-order valence-electron chi connectivity index (χ0n) is 54.4. The van der Waals surface area contributed by atoms with Crippen LogP contribution >= 0.6 is 11.8 Å².